The number of carbonyl (C=O) groups excluding carboxylic acids is 2. The van der Waals surface area contributed by atoms with Gasteiger partial charge in [0.25, 0.3) is 0 Å². The van der Waals surface area contributed by atoms with Gasteiger partial charge in [-0.25, -0.2) is 9.29 Å². The molecule has 0 saturated carbocycles. The molecule has 3 rings (SSSR count). The van der Waals surface area contributed by atoms with Gasteiger partial charge in [0.1, 0.15) is 11.1 Å². The molecule has 0 aliphatic carbocycles. The molecule has 2 amide bonds. The lowest BCUT2D eigenvalue weighted by Gasteiger charge is -2.14. The molecule has 1 saturated heterocycles. The highest BCUT2D eigenvalue weighted by Gasteiger charge is 2.40. The van der Waals surface area contributed by atoms with Crippen LogP contribution in [0.1, 0.15) is 12.0 Å². The van der Waals surface area contributed by atoms with E-state index < -0.39 is 11.1 Å². The summed E-state index contributed by atoms with van der Waals surface area (Å²) < 4.78 is 13.5. The monoisotopic (exact) mass is 370 g/mol. The second-order valence-electron chi connectivity index (χ2n) is 5.42. The Morgan fingerprint density at radius 2 is 1.85 bits per heavy atom. The summed E-state index contributed by atoms with van der Waals surface area (Å²) in [5.74, 6) is -1.06. The number of amidine groups is 1. The van der Waals surface area contributed by atoms with E-state index in [9.17, 15) is 14.0 Å². The van der Waals surface area contributed by atoms with Crippen molar-refractivity contribution in [1.29, 1.82) is 0 Å². The second-order valence-corrected chi connectivity index (χ2v) is 6.64. The lowest BCUT2D eigenvalue weighted by atomic mass is 10.2. The molecule has 0 bridgehead atoms. The Morgan fingerprint density at radius 1 is 1.15 bits per heavy atom. The lowest BCUT2D eigenvalue weighted by molar-refractivity contribution is -0.121. The summed E-state index contributed by atoms with van der Waals surface area (Å²) in [6, 6.07) is 14.8. The Labute approximate surface area is 153 Å². The molecular formula is C18H15FN4O2S. The summed E-state index contributed by atoms with van der Waals surface area (Å²) >= 11 is 0.965. The zero-order chi connectivity index (χ0) is 18.5. The quantitative estimate of drug-likeness (QED) is 0.388. The zero-order valence-electron chi connectivity index (χ0n) is 13.6. The molecule has 0 aromatic heterocycles. The van der Waals surface area contributed by atoms with Gasteiger partial charge in [0.15, 0.2) is 5.17 Å². The van der Waals surface area contributed by atoms with E-state index in [1.165, 1.54) is 12.3 Å². The number of carbonyl (C=O) groups is 2. The smallest absolute Gasteiger partial charge is 0.247 e. The van der Waals surface area contributed by atoms with Crippen LogP contribution < -0.4 is 10.6 Å². The number of rotatable bonds is 4. The van der Waals surface area contributed by atoms with Gasteiger partial charge in [-0.3, -0.25) is 9.59 Å². The van der Waals surface area contributed by atoms with Gasteiger partial charge < -0.3 is 5.73 Å². The van der Waals surface area contributed by atoms with Crippen LogP contribution in [0.4, 0.5) is 10.1 Å². The van der Waals surface area contributed by atoms with Gasteiger partial charge in [-0.1, -0.05) is 48.2 Å². The molecule has 2 aromatic rings. The molecule has 132 valence electrons. The highest BCUT2D eigenvalue weighted by molar-refractivity contribution is 8.14. The van der Waals surface area contributed by atoms with E-state index in [1.54, 1.807) is 48.5 Å². The van der Waals surface area contributed by atoms with E-state index in [4.69, 9.17) is 5.73 Å². The van der Waals surface area contributed by atoms with Gasteiger partial charge in [-0.05, 0) is 18.2 Å². The topological polar surface area (TPSA) is 88.1 Å². The number of amides is 2. The van der Waals surface area contributed by atoms with Gasteiger partial charge in [0.05, 0.1) is 11.9 Å². The summed E-state index contributed by atoms with van der Waals surface area (Å²) in [7, 11) is 0. The first-order chi connectivity index (χ1) is 12.6. The van der Waals surface area contributed by atoms with E-state index in [0.717, 1.165) is 16.7 Å². The van der Waals surface area contributed by atoms with Crippen molar-refractivity contribution < 1.29 is 14.0 Å². The Morgan fingerprint density at radius 3 is 2.58 bits per heavy atom. The number of para-hydroxylation sites is 1. The maximum atomic E-state index is 13.5. The summed E-state index contributed by atoms with van der Waals surface area (Å²) in [5, 5.41) is 6.86. The van der Waals surface area contributed by atoms with Crippen molar-refractivity contribution >= 4 is 40.6 Å². The third-order valence-electron chi connectivity index (χ3n) is 3.64. The highest BCUT2D eigenvalue weighted by atomic mass is 32.2. The number of thioether (sulfide) groups is 1. The predicted octanol–water partition coefficient (Wildman–Crippen LogP) is 2.54. The molecule has 1 aliphatic heterocycles. The van der Waals surface area contributed by atoms with Crippen LogP contribution in [0.25, 0.3) is 0 Å². The van der Waals surface area contributed by atoms with Crippen LogP contribution >= 0.6 is 11.8 Å². The number of nitrogens with two attached hydrogens (primary N) is 1. The van der Waals surface area contributed by atoms with Gasteiger partial charge in [-0.2, -0.15) is 5.10 Å². The number of imide groups is 1. The molecule has 26 heavy (non-hydrogen) atoms. The van der Waals surface area contributed by atoms with E-state index >= 15 is 0 Å². The van der Waals surface area contributed by atoms with Gasteiger partial charge >= 0.3 is 0 Å². The van der Waals surface area contributed by atoms with Crippen molar-refractivity contribution in [3.05, 3.63) is 66.0 Å². The van der Waals surface area contributed by atoms with Crippen LogP contribution in [-0.2, 0) is 9.59 Å². The molecule has 1 heterocycles. The molecule has 1 aliphatic rings. The van der Waals surface area contributed by atoms with Crippen molar-refractivity contribution in [3.63, 3.8) is 0 Å². The van der Waals surface area contributed by atoms with Crippen molar-refractivity contribution in [2.75, 3.05) is 4.90 Å². The average molecular weight is 370 g/mol. The first-order valence-corrected chi connectivity index (χ1v) is 8.64. The minimum Gasteiger partial charge on any atom is -0.377 e. The molecular weight excluding hydrogens is 355 g/mol. The first kappa shape index (κ1) is 17.8. The van der Waals surface area contributed by atoms with E-state index in [2.05, 4.69) is 10.2 Å². The van der Waals surface area contributed by atoms with Crippen molar-refractivity contribution in [3.8, 4) is 0 Å². The van der Waals surface area contributed by atoms with Crippen LogP contribution in [0.3, 0.4) is 0 Å². The normalized spacial score (nSPS) is 18.1. The van der Waals surface area contributed by atoms with Crippen LogP contribution in [0.5, 0.6) is 0 Å². The maximum Gasteiger partial charge on any atom is 0.247 e. The number of hydrogen-bond acceptors (Lipinski definition) is 5. The molecule has 0 spiro atoms. The molecule has 0 radical (unpaired) electrons. The van der Waals surface area contributed by atoms with Crippen LogP contribution in [0, 0.1) is 5.82 Å². The van der Waals surface area contributed by atoms with Crippen LogP contribution in [-0.4, -0.2) is 28.4 Å². The van der Waals surface area contributed by atoms with Crippen molar-refractivity contribution in [2.24, 2.45) is 15.9 Å². The van der Waals surface area contributed by atoms with Gasteiger partial charge in [0, 0.05) is 12.0 Å². The molecule has 1 fully saturated rings. The molecule has 0 unspecified atom stereocenters. The third-order valence-corrected chi connectivity index (χ3v) is 4.62. The fourth-order valence-corrected chi connectivity index (χ4v) is 3.26. The summed E-state index contributed by atoms with van der Waals surface area (Å²) in [5.41, 5.74) is 6.57. The SMILES string of the molecule is NC(=N/N=C\c1ccccc1F)S[C@@H]1CC(=O)N(c2ccccc2)C1=O. The maximum absolute atomic E-state index is 13.5. The number of nitrogens with zero attached hydrogens (tertiary/aromatic N) is 3. The minimum atomic E-state index is -0.657. The van der Waals surface area contributed by atoms with E-state index in [1.807, 2.05) is 0 Å². The molecule has 8 heteroatoms. The zero-order valence-corrected chi connectivity index (χ0v) is 14.4. The van der Waals surface area contributed by atoms with Gasteiger partial charge in [0.2, 0.25) is 11.8 Å². The Balaban J connectivity index is 1.66. The number of anilines is 1. The van der Waals surface area contributed by atoms with Crippen molar-refractivity contribution in [1.82, 2.24) is 0 Å². The molecule has 6 nitrogen and oxygen atoms in total. The van der Waals surface area contributed by atoms with Crippen LogP contribution in [0.2, 0.25) is 0 Å². The third kappa shape index (κ3) is 3.97. The van der Waals surface area contributed by atoms with Gasteiger partial charge in [-0.15, -0.1) is 5.10 Å². The molecule has 1 atom stereocenters. The van der Waals surface area contributed by atoms with Crippen LogP contribution in [0.15, 0.2) is 64.8 Å². The van der Waals surface area contributed by atoms with Crippen molar-refractivity contribution in [2.45, 2.75) is 11.7 Å². The predicted molar refractivity (Wildman–Crippen MR) is 101 cm³/mol. The number of benzene rings is 2. The first-order valence-electron chi connectivity index (χ1n) is 7.76. The minimum absolute atomic E-state index is 0.0265. The number of halogens is 1. The summed E-state index contributed by atoms with van der Waals surface area (Å²) in [6.45, 7) is 0. The Bertz CT molecular complexity index is 886. The Hall–Kier alpha value is -3.00. The second kappa shape index (κ2) is 7.92. The standard InChI is InChI=1S/C18H15FN4O2S/c19-14-9-5-4-6-12(14)11-21-22-18(20)26-15-10-16(24)23(17(15)25)13-7-2-1-3-8-13/h1-9,11,15H,10H2,(H2,20,22)/b21-11-/t15-/m1/s1. The fraction of sp³-hybridized carbons (Fsp3) is 0.111. The molecule has 2 aromatic carbocycles. The fourth-order valence-electron chi connectivity index (χ4n) is 2.44. The number of hydrogen-bond donors (Lipinski definition) is 1. The summed E-state index contributed by atoms with van der Waals surface area (Å²) in [6.07, 6.45) is 1.27. The lowest BCUT2D eigenvalue weighted by Crippen LogP contribution is -2.31. The molecule has 2 N–H and O–H groups in total. The Kier molecular flexibility index (Phi) is 5.43. The summed E-state index contributed by atoms with van der Waals surface area (Å²) in [4.78, 5) is 25.8. The average Bonchev–Trinajstić information content (AvgIpc) is 2.91. The largest absolute Gasteiger partial charge is 0.377 e. The van der Waals surface area contributed by atoms with E-state index in [-0.39, 0.29) is 29.0 Å². The van der Waals surface area contributed by atoms with E-state index in [0.29, 0.717) is 5.69 Å². The highest BCUT2D eigenvalue weighted by Crippen LogP contribution is 2.29.